The van der Waals surface area contributed by atoms with E-state index in [9.17, 15) is 18.0 Å². The van der Waals surface area contributed by atoms with Crippen molar-refractivity contribution in [2.45, 2.75) is 58.4 Å². The number of halogens is 3. The zero-order valence-electron chi connectivity index (χ0n) is 17.2. The lowest BCUT2D eigenvalue weighted by Crippen LogP contribution is -2.41. The van der Waals surface area contributed by atoms with Crippen LogP contribution >= 0.6 is 0 Å². The lowest BCUT2D eigenvalue weighted by molar-refractivity contribution is -0.137. The second kappa shape index (κ2) is 7.29. The van der Waals surface area contributed by atoms with Crippen molar-refractivity contribution < 1.29 is 27.3 Å². The van der Waals surface area contributed by atoms with Crippen molar-refractivity contribution in [1.29, 1.82) is 0 Å². The molecule has 0 saturated carbocycles. The summed E-state index contributed by atoms with van der Waals surface area (Å²) >= 11 is 0. The fraction of sp³-hybridized carbons (Fsp3) is 0.409. The Morgan fingerprint density at radius 3 is 2.21 bits per heavy atom. The van der Waals surface area contributed by atoms with Crippen LogP contribution in [0.25, 0.3) is 0 Å². The van der Waals surface area contributed by atoms with Gasteiger partial charge in [-0.2, -0.15) is 13.2 Å². The summed E-state index contributed by atoms with van der Waals surface area (Å²) in [5.41, 5.74) is 0.618. The highest BCUT2D eigenvalue weighted by Crippen LogP contribution is 2.36. The second-order valence-corrected chi connectivity index (χ2v) is 8.46. The molecular formula is C22H24BF3O3. The van der Waals surface area contributed by atoms with Crippen LogP contribution in [0.2, 0.25) is 0 Å². The second-order valence-electron chi connectivity index (χ2n) is 8.46. The topological polar surface area (TPSA) is 35.5 Å². The van der Waals surface area contributed by atoms with Gasteiger partial charge in [-0.25, -0.2) is 0 Å². The van der Waals surface area contributed by atoms with Crippen molar-refractivity contribution in [1.82, 2.24) is 0 Å². The maximum Gasteiger partial charge on any atom is 0.495 e. The summed E-state index contributed by atoms with van der Waals surface area (Å²) < 4.78 is 50.9. The van der Waals surface area contributed by atoms with Crippen LogP contribution in [0, 0.1) is 6.92 Å². The molecular weight excluding hydrogens is 380 g/mol. The molecule has 0 aliphatic carbocycles. The molecule has 1 saturated heterocycles. The molecule has 0 amide bonds. The van der Waals surface area contributed by atoms with Gasteiger partial charge in [-0.05, 0) is 51.7 Å². The third-order valence-corrected chi connectivity index (χ3v) is 5.73. The predicted molar refractivity (Wildman–Crippen MR) is 106 cm³/mol. The highest BCUT2D eigenvalue weighted by atomic mass is 19.4. The fourth-order valence-corrected chi connectivity index (χ4v) is 3.18. The van der Waals surface area contributed by atoms with E-state index in [0.29, 0.717) is 11.1 Å². The molecule has 1 fully saturated rings. The first-order chi connectivity index (χ1) is 13.3. The number of aryl methyl sites for hydroxylation is 1. The first kappa shape index (κ1) is 21.6. The summed E-state index contributed by atoms with van der Waals surface area (Å²) in [6, 6.07) is 10.1. The number of benzene rings is 2. The molecule has 2 aromatic carbocycles. The van der Waals surface area contributed by atoms with E-state index in [-0.39, 0.29) is 12.2 Å². The van der Waals surface area contributed by atoms with Gasteiger partial charge < -0.3 is 9.31 Å². The van der Waals surface area contributed by atoms with Crippen LogP contribution in [0.3, 0.4) is 0 Å². The molecule has 0 spiro atoms. The Balaban J connectivity index is 1.84. The van der Waals surface area contributed by atoms with Crippen molar-refractivity contribution >= 4 is 18.4 Å². The molecule has 7 heteroatoms. The van der Waals surface area contributed by atoms with Crippen LogP contribution in [0.5, 0.6) is 0 Å². The number of hydrogen-bond acceptors (Lipinski definition) is 3. The zero-order valence-corrected chi connectivity index (χ0v) is 17.2. The maximum atomic E-state index is 12.9. The molecule has 29 heavy (non-hydrogen) atoms. The minimum absolute atomic E-state index is 0.115. The van der Waals surface area contributed by atoms with E-state index in [1.165, 1.54) is 12.1 Å². The van der Waals surface area contributed by atoms with E-state index in [2.05, 4.69) is 0 Å². The molecule has 1 aliphatic rings. The minimum Gasteiger partial charge on any atom is -0.399 e. The van der Waals surface area contributed by atoms with Gasteiger partial charge in [0.05, 0.1) is 16.8 Å². The first-order valence-electron chi connectivity index (χ1n) is 9.46. The number of carbonyl (C=O) groups is 1. The average Bonchev–Trinajstić information content (AvgIpc) is 2.82. The quantitative estimate of drug-likeness (QED) is 0.546. The standard InChI is InChI=1S/C22H24BF3O3/c1-14-9-10-16(13-18(14)23-28-20(2,3)21(4,5)29-23)19(27)12-15-7-6-8-17(11-15)22(24,25)26/h6-11,13H,12H2,1-5H3. The highest BCUT2D eigenvalue weighted by Gasteiger charge is 2.52. The Bertz CT molecular complexity index is 919. The van der Waals surface area contributed by atoms with Gasteiger partial charge in [-0.3, -0.25) is 4.79 Å². The van der Waals surface area contributed by atoms with E-state index >= 15 is 0 Å². The lowest BCUT2D eigenvalue weighted by atomic mass is 9.75. The Hall–Kier alpha value is -2.12. The van der Waals surface area contributed by atoms with E-state index in [4.69, 9.17) is 9.31 Å². The number of Topliss-reactive ketones (excluding diaryl/α,β-unsaturated/α-hetero) is 1. The number of ketones is 1. The van der Waals surface area contributed by atoms with Crippen LogP contribution in [0.15, 0.2) is 42.5 Å². The van der Waals surface area contributed by atoms with Gasteiger partial charge in [0.15, 0.2) is 5.78 Å². The van der Waals surface area contributed by atoms with Crippen LogP contribution in [0.4, 0.5) is 13.2 Å². The Kier molecular flexibility index (Phi) is 5.43. The summed E-state index contributed by atoms with van der Waals surface area (Å²) in [5, 5.41) is 0. The molecule has 0 unspecified atom stereocenters. The zero-order chi connectivity index (χ0) is 21.6. The van der Waals surface area contributed by atoms with Gasteiger partial charge in [-0.1, -0.05) is 42.0 Å². The predicted octanol–water partition coefficient (Wildman–Crippen LogP) is 4.74. The van der Waals surface area contributed by atoms with E-state index in [1.54, 1.807) is 18.2 Å². The maximum absolute atomic E-state index is 12.9. The average molecular weight is 404 g/mol. The fourth-order valence-electron chi connectivity index (χ4n) is 3.18. The van der Waals surface area contributed by atoms with Gasteiger partial charge in [0.2, 0.25) is 0 Å². The van der Waals surface area contributed by atoms with Crippen molar-refractivity contribution in [3.63, 3.8) is 0 Å². The molecule has 154 valence electrons. The highest BCUT2D eigenvalue weighted by molar-refractivity contribution is 6.62. The van der Waals surface area contributed by atoms with E-state index in [1.807, 2.05) is 34.6 Å². The van der Waals surface area contributed by atoms with Crippen LogP contribution in [0.1, 0.15) is 54.7 Å². The minimum atomic E-state index is -4.44. The van der Waals surface area contributed by atoms with Gasteiger partial charge in [0, 0.05) is 12.0 Å². The monoisotopic (exact) mass is 404 g/mol. The Labute approximate surface area is 169 Å². The Morgan fingerprint density at radius 2 is 1.62 bits per heavy atom. The van der Waals surface area contributed by atoms with Crippen LogP contribution in [-0.2, 0) is 21.9 Å². The third kappa shape index (κ3) is 4.41. The van der Waals surface area contributed by atoms with Crippen molar-refractivity contribution in [2.75, 3.05) is 0 Å². The molecule has 3 rings (SSSR count). The SMILES string of the molecule is Cc1ccc(C(=O)Cc2cccc(C(F)(F)F)c2)cc1B1OC(C)(C)C(C)(C)O1. The smallest absolute Gasteiger partial charge is 0.399 e. The van der Waals surface area contributed by atoms with Crippen molar-refractivity contribution in [2.24, 2.45) is 0 Å². The first-order valence-corrected chi connectivity index (χ1v) is 9.46. The molecule has 0 bridgehead atoms. The normalized spacial score (nSPS) is 18.1. The molecule has 3 nitrogen and oxygen atoms in total. The van der Waals surface area contributed by atoms with Crippen molar-refractivity contribution in [3.8, 4) is 0 Å². The van der Waals surface area contributed by atoms with E-state index < -0.39 is 30.1 Å². The van der Waals surface area contributed by atoms with Crippen molar-refractivity contribution in [3.05, 3.63) is 64.7 Å². The van der Waals surface area contributed by atoms with Gasteiger partial charge in [0.1, 0.15) is 0 Å². The molecule has 0 N–H and O–H groups in total. The third-order valence-electron chi connectivity index (χ3n) is 5.73. The molecule has 1 heterocycles. The molecule has 1 aliphatic heterocycles. The van der Waals surface area contributed by atoms with Gasteiger partial charge in [0.25, 0.3) is 0 Å². The number of hydrogen-bond donors (Lipinski definition) is 0. The number of rotatable bonds is 4. The van der Waals surface area contributed by atoms with Gasteiger partial charge >= 0.3 is 13.3 Å². The number of carbonyl (C=O) groups excluding carboxylic acids is 1. The molecule has 0 radical (unpaired) electrons. The summed E-state index contributed by atoms with van der Waals surface area (Å²) in [6.07, 6.45) is -4.55. The van der Waals surface area contributed by atoms with E-state index in [0.717, 1.165) is 23.2 Å². The Morgan fingerprint density at radius 1 is 1.00 bits per heavy atom. The van der Waals surface area contributed by atoms with Crippen LogP contribution in [-0.4, -0.2) is 24.1 Å². The summed E-state index contributed by atoms with van der Waals surface area (Å²) in [6.45, 7) is 9.70. The van der Waals surface area contributed by atoms with Gasteiger partial charge in [-0.15, -0.1) is 0 Å². The summed E-state index contributed by atoms with van der Waals surface area (Å²) in [5.74, 6) is -0.262. The summed E-state index contributed by atoms with van der Waals surface area (Å²) in [7, 11) is -0.610. The summed E-state index contributed by atoms with van der Waals surface area (Å²) in [4.78, 5) is 12.7. The largest absolute Gasteiger partial charge is 0.495 e. The molecule has 2 aromatic rings. The lowest BCUT2D eigenvalue weighted by Gasteiger charge is -2.32. The molecule has 0 atom stereocenters. The van der Waals surface area contributed by atoms with Crippen LogP contribution < -0.4 is 5.46 Å². The number of alkyl halides is 3. The molecule has 0 aromatic heterocycles.